The number of nitrogens with one attached hydrogen (secondary N) is 1. The molecule has 0 aromatic heterocycles. The molecule has 1 rings (SSSR count). The van der Waals surface area contributed by atoms with E-state index in [2.05, 4.69) is 23.4 Å². The third kappa shape index (κ3) is 4.34. The average Bonchev–Trinajstić information content (AvgIpc) is 2.44. The van der Waals surface area contributed by atoms with Gasteiger partial charge in [0.1, 0.15) is 0 Å². The monoisotopic (exact) mass is 295 g/mol. The largest absolute Gasteiger partial charge is 0.397 e. The second kappa shape index (κ2) is 8.04. The average molecular weight is 295 g/mol. The fourth-order valence-corrected chi connectivity index (χ4v) is 2.58. The number of carbonyl (C=O) groups is 1. The molecular formula is C15H25N3OS. The van der Waals surface area contributed by atoms with Gasteiger partial charge in [0.2, 0.25) is 0 Å². The first-order valence-electron chi connectivity index (χ1n) is 6.90. The predicted molar refractivity (Wildman–Crippen MR) is 89.7 cm³/mol. The van der Waals surface area contributed by atoms with Crippen LogP contribution in [-0.2, 0) is 0 Å². The molecule has 20 heavy (non-hydrogen) atoms. The Morgan fingerprint density at radius 2 is 2.20 bits per heavy atom. The Morgan fingerprint density at radius 1 is 1.50 bits per heavy atom. The van der Waals surface area contributed by atoms with Gasteiger partial charge in [-0.05, 0) is 50.5 Å². The summed E-state index contributed by atoms with van der Waals surface area (Å²) >= 11 is 1.85. The minimum atomic E-state index is -0.0798. The lowest BCUT2D eigenvalue weighted by molar-refractivity contribution is 0.0956. The second-order valence-corrected chi connectivity index (χ2v) is 5.86. The van der Waals surface area contributed by atoms with Crippen molar-refractivity contribution in [1.29, 1.82) is 0 Å². The molecule has 1 atom stereocenters. The molecule has 3 N–H and O–H groups in total. The minimum absolute atomic E-state index is 0.0798. The maximum absolute atomic E-state index is 11.8. The van der Waals surface area contributed by atoms with Crippen LogP contribution in [0.15, 0.2) is 18.2 Å². The lowest BCUT2D eigenvalue weighted by atomic mass is 10.1. The molecule has 0 aliphatic heterocycles. The Hall–Kier alpha value is -1.36. The lowest BCUT2D eigenvalue weighted by Gasteiger charge is -2.28. The zero-order valence-electron chi connectivity index (χ0n) is 12.8. The normalized spacial score (nSPS) is 12.0. The van der Waals surface area contributed by atoms with Gasteiger partial charge >= 0.3 is 0 Å². The number of hydrogen-bond donors (Lipinski definition) is 2. The Labute approximate surface area is 126 Å². The molecule has 4 nitrogen and oxygen atoms in total. The summed E-state index contributed by atoms with van der Waals surface area (Å²) in [6.45, 7) is 4.70. The van der Waals surface area contributed by atoms with Gasteiger partial charge < -0.3 is 16.0 Å². The van der Waals surface area contributed by atoms with Gasteiger partial charge in [0.05, 0.1) is 11.4 Å². The predicted octanol–water partition coefficient (Wildman–Crippen LogP) is 2.60. The molecule has 112 valence electrons. The fourth-order valence-electron chi connectivity index (χ4n) is 2.00. The van der Waals surface area contributed by atoms with Crippen LogP contribution in [0.4, 0.5) is 11.4 Å². The highest BCUT2D eigenvalue weighted by Gasteiger charge is 2.14. The molecule has 0 heterocycles. The van der Waals surface area contributed by atoms with E-state index in [1.54, 1.807) is 6.07 Å². The van der Waals surface area contributed by atoms with Crippen LogP contribution in [-0.4, -0.2) is 37.6 Å². The summed E-state index contributed by atoms with van der Waals surface area (Å²) in [4.78, 5) is 13.9. The first-order chi connectivity index (χ1) is 9.51. The molecule has 1 unspecified atom stereocenters. The first kappa shape index (κ1) is 16.7. The summed E-state index contributed by atoms with van der Waals surface area (Å²) in [6, 6.07) is 5.92. The first-order valence-corrected chi connectivity index (χ1v) is 8.30. The smallest absolute Gasteiger partial charge is 0.251 e. The van der Waals surface area contributed by atoms with E-state index in [9.17, 15) is 4.79 Å². The number of nitrogens with two attached hydrogens (primary N) is 1. The van der Waals surface area contributed by atoms with Crippen LogP contribution in [0.25, 0.3) is 0 Å². The molecule has 0 radical (unpaired) electrons. The highest BCUT2D eigenvalue weighted by molar-refractivity contribution is 7.98. The third-order valence-corrected chi connectivity index (χ3v) is 4.05. The number of hydrogen-bond acceptors (Lipinski definition) is 4. The maximum atomic E-state index is 11.8. The van der Waals surface area contributed by atoms with Crippen molar-refractivity contribution in [2.24, 2.45) is 0 Å². The van der Waals surface area contributed by atoms with Crippen LogP contribution in [0, 0.1) is 0 Å². The van der Waals surface area contributed by atoms with Crippen molar-refractivity contribution in [3.8, 4) is 0 Å². The summed E-state index contributed by atoms with van der Waals surface area (Å²) in [5.74, 6) is 1.05. The van der Waals surface area contributed by atoms with E-state index in [0.29, 0.717) is 23.8 Å². The number of nitrogen functional groups attached to an aromatic ring is 1. The minimum Gasteiger partial charge on any atom is -0.397 e. The summed E-state index contributed by atoms with van der Waals surface area (Å²) in [5.41, 5.74) is 8.33. The van der Waals surface area contributed by atoms with Crippen molar-refractivity contribution in [1.82, 2.24) is 5.32 Å². The highest BCUT2D eigenvalue weighted by Crippen LogP contribution is 2.26. The van der Waals surface area contributed by atoms with E-state index in [1.807, 2.05) is 37.9 Å². The van der Waals surface area contributed by atoms with Crippen LogP contribution in [0.1, 0.15) is 30.6 Å². The van der Waals surface area contributed by atoms with Crippen LogP contribution >= 0.6 is 11.8 Å². The van der Waals surface area contributed by atoms with Crippen LogP contribution in [0.5, 0.6) is 0 Å². The van der Waals surface area contributed by atoms with Gasteiger partial charge in [0, 0.05) is 25.2 Å². The van der Waals surface area contributed by atoms with Gasteiger partial charge in [-0.15, -0.1) is 0 Å². The Balaban J connectivity index is 2.84. The Bertz CT molecular complexity index is 451. The summed E-state index contributed by atoms with van der Waals surface area (Å²) < 4.78 is 0. The number of anilines is 2. The number of amides is 1. The highest BCUT2D eigenvalue weighted by atomic mass is 32.2. The zero-order valence-corrected chi connectivity index (χ0v) is 13.6. The molecule has 0 saturated carbocycles. The maximum Gasteiger partial charge on any atom is 0.251 e. The zero-order chi connectivity index (χ0) is 15.1. The van der Waals surface area contributed by atoms with Gasteiger partial charge in [-0.25, -0.2) is 0 Å². The van der Waals surface area contributed by atoms with Gasteiger partial charge in [-0.2, -0.15) is 11.8 Å². The number of benzene rings is 1. The van der Waals surface area contributed by atoms with E-state index in [0.717, 1.165) is 17.9 Å². The van der Waals surface area contributed by atoms with Crippen molar-refractivity contribution in [3.63, 3.8) is 0 Å². The molecule has 0 spiro atoms. The van der Waals surface area contributed by atoms with Crippen LogP contribution in [0.3, 0.4) is 0 Å². The second-order valence-electron chi connectivity index (χ2n) is 4.87. The van der Waals surface area contributed by atoms with Gasteiger partial charge in [-0.1, -0.05) is 0 Å². The number of rotatable bonds is 7. The molecule has 0 fully saturated rings. The van der Waals surface area contributed by atoms with Gasteiger partial charge in [-0.3, -0.25) is 4.79 Å². The van der Waals surface area contributed by atoms with Crippen LogP contribution < -0.4 is 16.0 Å². The number of carbonyl (C=O) groups excluding carboxylic acids is 1. The summed E-state index contributed by atoms with van der Waals surface area (Å²) in [6.07, 6.45) is 3.22. The number of thioether (sulfide) groups is 1. The molecule has 1 aromatic carbocycles. The Morgan fingerprint density at radius 3 is 2.75 bits per heavy atom. The van der Waals surface area contributed by atoms with E-state index < -0.39 is 0 Å². The Kier molecular flexibility index (Phi) is 6.71. The lowest BCUT2D eigenvalue weighted by Crippen LogP contribution is -2.30. The molecule has 0 saturated heterocycles. The standard InChI is InChI=1S/C15H25N3OS/c1-5-17-15(19)12-6-7-14(13(16)10-12)18(3)11(2)8-9-20-4/h6-7,10-11H,5,8-9,16H2,1-4H3,(H,17,19). The quantitative estimate of drug-likeness (QED) is 0.759. The van der Waals surface area contributed by atoms with Gasteiger partial charge in [0.15, 0.2) is 0 Å². The summed E-state index contributed by atoms with van der Waals surface area (Å²) in [7, 11) is 2.04. The molecule has 0 aliphatic rings. The third-order valence-electron chi connectivity index (χ3n) is 3.41. The van der Waals surface area contributed by atoms with Crippen molar-refractivity contribution >= 4 is 29.0 Å². The van der Waals surface area contributed by atoms with Crippen molar-refractivity contribution < 1.29 is 4.79 Å². The molecule has 5 heteroatoms. The van der Waals surface area contributed by atoms with E-state index in [4.69, 9.17) is 5.73 Å². The molecular weight excluding hydrogens is 270 g/mol. The topological polar surface area (TPSA) is 58.4 Å². The molecule has 0 aliphatic carbocycles. The van der Waals surface area contributed by atoms with E-state index in [-0.39, 0.29) is 5.91 Å². The van der Waals surface area contributed by atoms with E-state index in [1.165, 1.54) is 0 Å². The molecule has 1 amide bonds. The van der Waals surface area contributed by atoms with Gasteiger partial charge in [0.25, 0.3) is 5.91 Å². The summed E-state index contributed by atoms with van der Waals surface area (Å²) in [5, 5.41) is 2.78. The van der Waals surface area contributed by atoms with Crippen molar-refractivity contribution in [3.05, 3.63) is 23.8 Å². The number of nitrogens with zero attached hydrogens (tertiary/aromatic N) is 1. The van der Waals surface area contributed by atoms with Crippen molar-refractivity contribution in [2.45, 2.75) is 26.3 Å². The van der Waals surface area contributed by atoms with Crippen molar-refractivity contribution in [2.75, 3.05) is 36.2 Å². The van der Waals surface area contributed by atoms with E-state index >= 15 is 0 Å². The molecule has 0 bridgehead atoms. The van der Waals surface area contributed by atoms with Crippen LogP contribution in [0.2, 0.25) is 0 Å². The SMILES string of the molecule is CCNC(=O)c1ccc(N(C)C(C)CCSC)c(N)c1. The fraction of sp³-hybridized carbons (Fsp3) is 0.533. The molecule has 1 aromatic rings.